The lowest BCUT2D eigenvalue weighted by Gasteiger charge is -2.09. The number of nitrogens with one attached hydrogen (secondary N) is 1. The van der Waals surface area contributed by atoms with E-state index in [1.54, 1.807) is 30.3 Å². The predicted molar refractivity (Wildman–Crippen MR) is 81.1 cm³/mol. The van der Waals surface area contributed by atoms with Crippen molar-refractivity contribution in [1.29, 1.82) is 5.26 Å². The van der Waals surface area contributed by atoms with Crippen molar-refractivity contribution < 1.29 is 12.8 Å². The van der Waals surface area contributed by atoms with Crippen LogP contribution in [0.4, 0.5) is 10.1 Å². The van der Waals surface area contributed by atoms with Gasteiger partial charge in [-0.25, -0.2) is 12.8 Å². The van der Waals surface area contributed by atoms with Crippen molar-refractivity contribution in [3.63, 3.8) is 0 Å². The van der Waals surface area contributed by atoms with Gasteiger partial charge in [0.2, 0.25) is 0 Å². The van der Waals surface area contributed by atoms with E-state index in [4.69, 9.17) is 5.26 Å². The molecule has 0 bridgehead atoms. The molecule has 20 heavy (non-hydrogen) atoms. The molecule has 0 aliphatic heterocycles. The molecule has 0 amide bonds. The second-order valence-electron chi connectivity index (χ2n) is 3.84. The summed E-state index contributed by atoms with van der Waals surface area (Å²) in [6, 6.07) is 11.7. The smallest absolute Gasteiger partial charge is 0.263 e. The largest absolute Gasteiger partial charge is 0.280 e. The van der Waals surface area contributed by atoms with Crippen LogP contribution in [-0.4, -0.2) is 8.42 Å². The molecular weight excluding hydrogens is 394 g/mol. The third-order valence-electron chi connectivity index (χ3n) is 2.47. The van der Waals surface area contributed by atoms with Gasteiger partial charge in [-0.3, -0.25) is 4.72 Å². The highest BCUT2D eigenvalue weighted by molar-refractivity contribution is 14.1. The molecule has 0 saturated heterocycles. The summed E-state index contributed by atoms with van der Waals surface area (Å²) >= 11 is 2.09. The molecule has 0 saturated carbocycles. The number of benzene rings is 2. The van der Waals surface area contributed by atoms with Crippen molar-refractivity contribution in [3.05, 3.63) is 57.4 Å². The zero-order valence-corrected chi connectivity index (χ0v) is 12.9. The summed E-state index contributed by atoms with van der Waals surface area (Å²) in [4.78, 5) is -0.376. The second-order valence-corrected chi connectivity index (χ2v) is 6.73. The summed E-state index contributed by atoms with van der Waals surface area (Å²) < 4.78 is 41.1. The van der Waals surface area contributed by atoms with E-state index >= 15 is 0 Å². The van der Waals surface area contributed by atoms with Crippen LogP contribution < -0.4 is 4.72 Å². The summed E-state index contributed by atoms with van der Waals surface area (Å²) in [6.07, 6.45) is 0. The molecule has 0 spiro atoms. The topological polar surface area (TPSA) is 70.0 Å². The van der Waals surface area contributed by atoms with Crippen LogP contribution in [0.25, 0.3) is 0 Å². The SMILES string of the molecule is N#Cc1c(F)cccc1S(=O)(=O)Nc1ccc(I)cc1. The standard InChI is InChI=1S/C13H8FIN2O2S/c14-12-2-1-3-13(11(12)8-16)20(18,19)17-10-6-4-9(15)5-7-10/h1-7,17H. The van der Waals surface area contributed by atoms with Gasteiger partial charge in [0.25, 0.3) is 10.0 Å². The fraction of sp³-hybridized carbons (Fsp3) is 0. The molecule has 0 atom stereocenters. The second kappa shape index (κ2) is 5.76. The Labute approximate surface area is 129 Å². The van der Waals surface area contributed by atoms with E-state index < -0.39 is 21.4 Å². The van der Waals surface area contributed by atoms with E-state index in [0.29, 0.717) is 5.69 Å². The van der Waals surface area contributed by atoms with Gasteiger partial charge in [0.05, 0.1) is 0 Å². The van der Waals surface area contributed by atoms with Crippen molar-refractivity contribution in [2.75, 3.05) is 4.72 Å². The number of hydrogen-bond acceptors (Lipinski definition) is 3. The Balaban J connectivity index is 2.44. The molecule has 0 heterocycles. The van der Waals surface area contributed by atoms with Crippen molar-refractivity contribution in [2.24, 2.45) is 0 Å². The van der Waals surface area contributed by atoms with Crippen LogP contribution in [0.5, 0.6) is 0 Å². The van der Waals surface area contributed by atoms with Gasteiger partial charge in [-0.15, -0.1) is 0 Å². The maximum absolute atomic E-state index is 13.5. The fourth-order valence-electron chi connectivity index (χ4n) is 1.56. The number of halogens is 2. The van der Waals surface area contributed by atoms with Crippen LogP contribution in [0.1, 0.15) is 5.56 Å². The molecule has 2 rings (SSSR count). The van der Waals surface area contributed by atoms with Crippen molar-refractivity contribution >= 4 is 38.3 Å². The summed E-state index contributed by atoms with van der Waals surface area (Å²) in [5, 5.41) is 8.88. The van der Waals surface area contributed by atoms with Crippen LogP contribution in [-0.2, 0) is 10.0 Å². The van der Waals surface area contributed by atoms with E-state index in [-0.39, 0.29) is 4.90 Å². The molecule has 0 aliphatic rings. The first-order valence-corrected chi connectivity index (χ1v) is 7.97. The van der Waals surface area contributed by atoms with E-state index in [1.165, 1.54) is 12.1 Å². The highest BCUT2D eigenvalue weighted by atomic mass is 127. The number of anilines is 1. The quantitative estimate of drug-likeness (QED) is 0.803. The molecule has 1 N–H and O–H groups in total. The van der Waals surface area contributed by atoms with Gasteiger partial charge in [-0.2, -0.15) is 5.26 Å². The Morgan fingerprint density at radius 1 is 1.15 bits per heavy atom. The third kappa shape index (κ3) is 3.08. The lowest BCUT2D eigenvalue weighted by molar-refractivity contribution is 0.593. The summed E-state index contributed by atoms with van der Waals surface area (Å²) in [7, 11) is -4.01. The molecule has 0 unspecified atom stereocenters. The molecule has 2 aromatic carbocycles. The highest BCUT2D eigenvalue weighted by Crippen LogP contribution is 2.21. The first-order valence-electron chi connectivity index (χ1n) is 5.41. The summed E-state index contributed by atoms with van der Waals surface area (Å²) in [5.74, 6) is -0.863. The van der Waals surface area contributed by atoms with E-state index in [0.717, 1.165) is 9.64 Å². The monoisotopic (exact) mass is 402 g/mol. The number of rotatable bonds is 3. The first-order chi connectivity index (χ1) is 9.44. The average Bonchev–Trinajstić information content (AvgIpc) is 2.41. The lowest BCUT2D eigenvalue weighted by Crippen LogP contribution is -2.15. The number of nitrogens with zero attached hydrogens (tertiary/aromatic N) is 1. The number of hydrogen-bond donors (Lipinski definition) is 1. The zero-order chi connectivity index (χ0) is 14.8. The normalized spacial score (nSPS) is 10.8. The van der Waals surface area contributed by atoms with Crippen molar-refractivity contribution in [3.8, 4) is 6.07 Å². The Hall–Kier alpha value is -1.66. The van der Waals surface area contributed by atoms with E-state index in [9.17, 15) is 12.8 Å². The molecule has 4 nitrogen and oxygen atoms in total. The minimum absolute atomic E-state index is 0.346. The summed E-state index contributed by atoms with van der Waals surface area (Å²) in [5.41, 5.74) is -0.149. The molecule has 7 heteroatoms. The van der Waals surface area contributed by atoms with Gasteiger partial charge in [-0.05, 0) is 59.0 Å². The molecule has 2 aromatic rings. The van der Waals surface area contributed by atoms with Crippen molar-refractivity contribution in [1.82, 2.24) is 0 Å². The average molecular weight is 402 g/mol. The Morgan fingerprint density at radius 2 is 1.80 bits per heavy atom. The minimum atomic E-state index is -4.01. The van der Waals surface area contributed by atoms with Crippen LogP contribution in [0.2, 0.25) is 0 Å². The third-order valence-corrected chi connectivity index (χ3v) is 4.62. The van der Waals surface area contributed by atoms with Gasteiger partial charge in [0.1, 0.15) is 22.3 Å². The van der Waals surface area contributed by atoms with Gasteiger partial charge >= 0.3 is 0 Å². The molecule has 102 valence electrons. The first kappa shape index (κ1) is 14.7. The van der Waals surface area contributed by atoms with E-state index in [2.05, 4.69) is 27.3 Å². The fourth-order valence-corrected chi connectivity index (χ4v) is 3.15. The molecule has 0 fully saturated rings. The highest BCUT2D eigenvalue weighted by Gasteiger charge is 2.21. The van der Waals surface area contributed by atoms with Gasteiger partial charge < -0.3 is 0 Å². The van der Waals surface area contributed by atoms with Crippen LogP contribution in [0.3, 0.4) is 0 Å². The number of sulfonamides is 1. The predicted octanol–water partition coefficient (Wildman–Crippen LogP) is 3.10. The van der Waals surface area contributed by atoms with Crippen LogP contribution in [0, 0.1) is 20.7 Å². The van der Waals surface area contributed by atoms with E-state index in [1.807, 2.05) is 0 Å². The zero-order valence-electron chi connectivity index (χ0n) is 9.97. The Kier molecular flexibility index (Phi) is 4.25. The molecular formula is C13H8FIN2O2S. The molecule has 0 radical (unpaired) electrons. The van der Waals surface area contributed by atoms with Crippen LogP contribution >= 0.6 is 22.6 Å². The summed E-state index contributed by atoms with van der Waals surface area (Å²) in [6.45, 7) is 0. The molecule has 0 aliphatic carbocycles. The van der Waals surface area contributed by atoms with Gasteiger partial charge in [-0.1, -0.05) is 6.07 Å². The maximum atomic E-state index is 13.5. The van der Waals surface area contributed by atoms with Crippen LogP contribution in [0.15, 0.2) is 47.4 Å². The lowest BCUT2D eigenvalue weighted by atomic mass is 10.2. The Bertz CT molecular complexity index is 783. The molecule has 0 aromatic heterocycles. The van der Waals surface area contributed by atoms with Crippen molar-refractivity contribution in [2.45, 2.75) is 4.90 Å². The van der Waals surface area contributed by atoms with Gasteiger partial charge in [0.15, 0.2) is 0 Å². The minimum Gasteiger partial charge on any atom is -0.280 e. The number of nitriles is 1. The van der Waals surface area contributed by atoms with Gasteiger partial charge in [0, 0.05) is 9.26 Å². The maximum Gasteiger partial charge on any atom is 0.263 e. The Morgan fingerprint density at radius 3 is 2.40 bits per heavy atom.